The first-order valence-electron chi connectivity index (χ1n) is 1.62. The van der Waals surface area contributed by atoms with E-state index >= 15 is 0 Å². The first kappa shape index (κ1) is 6.05. The largest absolute Gasteiger partial charge is 0.421 e. The van der Waals surface area contributed by atoms with Gasteiger partial charge in [-0.05, 0) is 0 Å². The highest BCUT2D eigenvalue weighted by atomic mass is 16.6. The summed E-state index contributed by atoms with van der Waals surface area (Å²) in [4.78, 5) is 0. The zero-order valence-electron chi connectivity index (χ0n) is 3.97. The lowest BCUT2D eigenvalue weighted by Gasteiger charge is -1.98. The van der Waals surface area contributed by atoms with Gasteiger partial charge in [-0.3, -0.25) is 0 Å². The molecule has 0 aromatic heterocycles. The van der Waals surface area contributed by atoms with E-state index in [4.69, 9.17) is 7.74 Å². The maximum atomic E-state index is 5.03. The van der Waals surface area contributed by atoms with E-state index in [1.54, 1.807) is 0 Å². The molecule has 0 bridgehead atoms. The molecule has 0 unspecified atom stereocenters. The van der Waals surface area contributed by atoms with Crippen molar-refractivity contribution in [3.05, 3.63) is 0 Å². The van der Waals surface area contributed by atoms with Crippen LogP contribution in [0.5, 0.6) is 0 Å². The molecule has 0 amide bonds. The van der Waals surface area contributed by atoms with Crippen LogP contribution in [0, 0.1) is 0 Å². The van der Waals surface area contributed by atoms with Gasteiger partial charge in [-0.15, -0.1) is 0 Å². The zero-order valence-corrected chi connectivity index (χ0v) is 3.97. The smallest absolute Gasteiger partial charge is 0.386 e. The van der Waals surface area contributed by atoms with Crippen molar-refractivity contribution in [1.82, 2.24) is 0 Å². The van der Waals surface area contributed by atoms with Crippen LogP contribution >= 0.6 is 0 Å². The van der Waals surface area contributed by atoms with E-state index in [-0.39, 0.29) is 0 Å². The van der Waals surface area contributed by atoms with Gasteiger partial charge in [0.1, 0.15) is 7.74 Å². The molecule has 0 N–H and O–H groups in total. The second-order valence-electron chi connectivity index (χ2n) is 0.840. The average Bonchev–Trinajstić information content (AvgIpc) is 1.65. The second-order valence-corrected chi connectivity index (χ2v) is 0.840. The second kappa shape index (κ2) is 3.25. The normalized spacial score (nSPS) is 8.33. The SMILES string of the molecule is [B]B(OC)OC. The third kappa shape index (κ3) is 2.30. The summed E-state index contributed by atoms with van der Waals surface area (Å²) in [5, 5.41) is 0. The van der Waals surface area contributed by atoms with Crippen LogP contribution in [0.2, 0.25) is 0 Å². The number of hydrogen-bond donors (Lipinski definition) is 0. The standard InChI is InChI=1S/C2H6B2O2/c1-5-4(3)6-2/h1-2H3. The van der Waals surface area contributed by atoms with Crippen molar-refractivity contribution in [2.45, 2.75) is 0 Å². The molecule has 0 aliphatic heterocycles. The van der Waals surface area contributed by atoms with Gasteiger partial charge in [0.25, 0.3) is 0 Å². The number of rotatable bonds is 2. The van der Waals surface area contributed by atoms with Gasteiger partial charge in [-0.2, -0.15) is 0 Å². The molecule has 0 aromatic carbocycles. The molecule has 0 atom stereocenters. The lowest BCUT2D eigenvalue weighted by Crippen LogP contribution is -2.18. The van der Waals surface area contributed by atoms with E-state index in [1.165, 1.54) is 14.2 Å². The monoisotopic (exact) mass is 84.1 g/mol. The van der Waals surface area contributed by atoms with Gasteiger partial charge in [0.05, 0.1) is 0 Å². The Morgan fingerprint density at radius 1 is 1.33 bits per heavy atom. The molecule has 0 spiro atoms. The van der Waals surface area contributed by atoms with E-state index < -0.39 is 7.01 Å². The lowest BCUT2D eigenvalue weighted by atomic mass is 9.63. The Labute approximate surface area is 39.4 Å². The van der Waals surface area contributed by atoms with E-state index in [0.717, 1.165) is 0 Å². The first-order chi connectivity index (χ1) is 2.81. The van der Waals surface area contributed by atoms with E-state index in [2.05, 4.69) is 9.31 Å². The summed E-state index contributed by atoms with van der Waals surface area (Å²) in [6, 6.07) is 0. The summed E-state index contributed by atoms with van der Waals surface area (Å²) in [5.41, 5.74) is 0. The van der Waals surface area contributed by atoms with Crippen LogP contribution in [0.15, 0.2) is 0 Å². The van der Waals surface area contributed by atoms with E-state index in [1.807, 2.05) is 0 Å². The minimum Gasteiger partial charge on any atom is -0.421 e. The summed E-state index contributed by atoms with van der Waals surface area (Å²) in [7, 11) is 7.42. The van der Waals surface area contributed by atoms with Crippen LogP contribution in [0.1, 0.15) is 0 Å². The number of hydrogen-bond acceptors (Lipinski definition) is 2. The Balaban J connectivity index is 2.75. The van der Waals surface area contributed by atoms with Crippen molar-refractivity contribution in [3.8, 4) is 0 Å². The molecule has 2 radical (unpaired) electrons. The van der Waals surface area contributed by atoms with Gasteiger partial charge in [0.2, 0.25) is 0 Å². The summed E-state index contributed by atoms with van der Waals surface area (Å²) < 4.78 is 8.91. The van der Waals surface area contributed by atoms with Crippen LogP contribution in [-0.4, -0.2) is 29.0 Å². The maximum Gasteiger partial charge on any atom is 0.386 e. The van der Waals surface area contributed by atoms with Gasteiger partial charge in [0.15, 0.2) is 0 Å². The van der Waals surface area contributed by atoms with Crippen LogP contribution < -0.4 is 0 Å². The molecule has 6 heavy (non-hydrogen) atoms. The van der Waals surface area contributed by atoms with Gasteiger partial charge in [-0.25, -0.2) is 0 Å². The van der Waals surface area contributed by atoms with Gasteiger partial charge < -0.3 is 9.31 Å². The van der Waals surface area contributed by atoms with Crippen molar-refractivity contribution < 1.29 is 9.31 Å². The van der Waals surface area contributed by atoms with Crippen molar-refractivity contribution >= 4 is 14.7 Å². The molecule has 0 aromatic rings. The molecule has 0 saturated carbocycles. The Morgan fingerprint density at radius 3 is 1.67 bits per heavy atom. The highest BCUT2D eigenvalue weighted by Crippen LogP contribution is 1.71. The van der Waals surface area contributed by atoms with Crippen LogP contribution in [0.25, 0.3) is 0 Å². The minimum atomic E-state index is -0.565. The van der Waals surface area contributed by atoms with Crippen LogP contribution in [0.4, 0.5) is 0 Å². The van der Waals surface area contributed by atoms with Crippen molar-refractivity contribution in [2.24, 2.45) is 0 Å². The highest BCUT2D eigenvalue weighted by molar-refractivity contribution is 6.95. The Hall–Kier alpha value is 0.0499. The summed E-state index contributed by atoms with van der Waals surface area (Å²) in [6.07, 6.45) is 0. The fourth-order valence-corrected chi connectivity index (χ4v) is 0.0962. The third-order valence-electron chi connectivity index (χ3n) is 0.465. The fourth-order valence-electron chi connectivity index (χ4n) is 0.0962. The summed E-state index contributed by atoms with van der Waals surface area (Å²) in [6.45, 7) is 0. The predicted octanol–water partition coefficient (Wildman–Crippen LogP) is -0.567. The van der Waals surface area contributed by atoms with Crippen molar-refractivity contribution in [1.29, 1.82) is 0 Å². The summed E-state index contributed by atoms with van der Waals surface area (Å²) >= 11 is 0. The molecule has 0 aliphatic rings. The minimum absolute atomic E-state index is 0.565. The summed E-state index contributed by atoms with van der Waals surface area (Å²) in [5.74, 6) is 0. The lowest BCUT2D eigenvalue weighted by molar-refractivity contribution is 0.299. The van der Waals surface area contributed by atoms with Crippen LogP contribution in [-0.2, 0) is 9.31 Å². The van der Waals surface area contributed by atoms with E-state index in [0.29, 0.717) is 0 Å². The first-order valence-corrected chi connectivity index (χ1v) is 1.62. The molecule has 2 nitrogen and oxygen atoms in total. The third-order valence-corrected chi connectivity index (χ3v) is 0.465. The molecular weight excluding hydrogens is 77.6 g/mol. The van der Waals surface area contributed by atoms with Gasteiger partial charge in [-0.1, -0.05) is 0 Å². The molecule has 4 heteroatoms. The quantitative estimate of drug-likeness (QED) is 0.417. The topological polar surface area (TPSA) is 18.5 Å². The molecule has 0 rings (SSSR count). The molecule has 0 fully saturated rings. The van der Waals surface area contributed by atoms with E-state index in [9.17, 15) is 0 Å². The Bertz CT molecular complexity index is 28.7. The molecule has 0 heterocycles. The average molecular weight is 83.7 g/mol. The van der Waals surface area contributed by atoms with Crippen molar-refractivity contribution in [3.63, 3.8) is 0 Å². The Morgan fingerprint density at radius 2 is 1.67 bits per heavy atom. The molecule has 0 aliphatic carbocycles. The fraction of sp³-hybridized carbons (Fsp3) is 1.00. The van der Waals surface area contributed by atoms with Crippen molar-refractivity contribution in [2.75, 3.05) is 14.2 Å². The van der Waals surface area contributed by atoms with Gasteiger partial charge >= 0.3 is 7.01 Å². The molecular formula is C2H6B2O2. The predicted molar refractivity (Wildman–Crippen MR) is 25.5 cm³/mol. The zero-order chi connectivity index (χ0) is 4.99. The Kier molecular flexibility index (Phi) is 3.27. The van der Waals surface area contributed by atoms with Crippen LogP contribution in [0.3, 0.4) is 0 Å². The maximum absolute atomic E-state index is 5.03. The highest BCUT2D eigenvalue weighted by Gasteiger charge is 1.98. The molecule has 32 valence electrons. The van der Waals surface area contributed by atoms with Gasteiger partial charge in [0, 0.05) is 14.2 Å². The molecule has 0 saturated heterocycles.